The molecule has 0 saturated carbocycles. The summed E-state index contributed by atoms with van der Waals surface area (Å²) in [7, 11) is 0. The molecule has 2 aromatic heterocycles. The number of nitriles is 1. The van der Waals surface area contributed by atoms with Gasteiger partial charge >= 0.3 is 0 Å². The summed E-state index contributed by atoms with van der Waals surface area (Å²) in [6.07, 6.45) is 6.03. The summed E-state index contributed by atoms with van der Waals surface area (Å²) in [5.74, 6) is 0.725. The third-order valence-electron chi connectivity index (χ3n) is 2.23. The molecule has 0 unspecified atom stereocenters. The van der Waals surface area contributed by atoms with Crippen molar-refractivity contribution in [2.75, 3.05) is 11.9 Å². The monoisotopic (exact) mass is 228 g/mol. The zero-order chi connectivity index (χ0) is 11.9. The summed E-state index contributed by atoms with van der Waals surface area (Å²) in [6, 6.07) is 5.49. The molecule has 0 aromatic carbocycles. The van der Waals surface area contributed by atoms with Gasteiger partial charge in [0.05, 0.1) is 17.8 Å². The van der Waals surface area contributed by atoms with E-state index in [1.54, 1.807) is 29.2 Å². The van der Waals surface area contributed by atoms with Crippen LogP contribution < -0.4 is 5.32 Å². The van der Waals surface area contributed by atoms with Crippen LogP contribution in [-0.2, 0) is 6.54 Å². The Labute approximate surface area is 98.9 Å². The van der Waals surface area contributed by atoms with Crippen LogP contribution in [0.25, 0.3) is 0 Å². The van der Waals surface area contributed by atoms with E-state index in [0.717, 1.165) is 25.3 Å². The molecule has 6 heteroatoms. The maximum absolute atomic E-state index is 8.73. The molecule has 2 rings (SSSR count). The van der Waals surface area contributed by atoms with Gasteiger partial charge in [0.2, 0.25) is 0 Å². The van der Waals surface area contributed by atoms with E-state index < -0.39 is 0 Å². The van der Waals surface area contributed by atoms with E-state index in [1.807, 2.05) is 6.20 Å². The van der Waals surface area contributed by atoms with Crippen LogP contribution in [0.5, 0.6) is 0 Å². The molecule has 0 atom stereocenters. The second-order valence-electron chi connectivity index (χ2n) is 3.49. The largest absolute Gasteiger partial charge is 0.370 e. The third-order valence-corrected chi connectivity index (χ3v) is 2.23. The van der Waals surface area contributed by atoms with E-state index in [9.17, 15) is 0 Å². The van der Waals surface area contributed by atoms with Gasteiger partial charge in [0.1, 0.15) is 5.82 Å². The first kappa shape index (κ1) is 11.1. The summed E-state index contributed by atoms with van der Waals surface area (Å²) in [5.41, 5.74) is 0.610. The highest BCUT2D eigenvalue weighted by Crippen LogP contribution is 2.05. The molecule has 0 aliphatic heterocycles. The summed E-state index contributed by atoms with van der Waals surface area (Å²) in [6.45, 7) is 1.59. The van der Waals surface area contributed by atoms with Gasteiger partial charge in [-0.05, 0) is 18.6 Å². The number of hydrogen-bond donors (Lipinski definition) is 1. The molecule has 1 N–H and O–H groups in total. The van der Waals surface area contributed by atoms with Crippen LogP contribution in [0.15, 0.2) is 30.7 Å². The number of anilines is 1. The van der Waals surface area contributed by atoms with Crippen molar-refractivity contribution in [2.24, 2.45) is 0 Å². The SMILES string of the molecule is N#Cc1ccnc(NCCCn2ccnn2)c1. The average Bonchev–Trinajstić information content (AvgIpc) is 2.88. The number of aromatic nitrogens is 4. The minimum atomic E-state index is 0.610. The van der Waals surface area contributed by atoms with Gasteiger partial charge in [0, 0.05) is 25.5 Å². The second kappa shape index (κ2) is 5.61. The van der Waals surface area contributed by atoms with Gasteiger partial charge in [-0.15, -0.1) is 5.10 Å². The predicted octanol–water partition coefficient (Wildman–Crippen LogP) is 1.05. The molecule has 17 heavy (non-hydrogen) atoms. The fourth-order valence-corrected chi connectivity index (χ4v) is 1.41. The third kappa shape index (κ3) is 3.28. The van der Waals surface area contributed by atoms with Crippen molar-refractivity contribution in [3.63, 3.8) is 0 Å². The van der Waals surface area contributed by atoms with Crippen molar-refractivity contribution in [2.45, 2.75) is 13.0 Å². The van der Waals surface area contributed by atoms with Crippen molar-refractivity contribution in [1.82, 2.24) is 20.0 Å². The van der Waals surface area contributed by atoms with E-state index >= 15 is 0 Å². The Morgan fingerprint density at radius 1 is 1.41 bits per heavy atom. The summed E-state index contributed by atoms with van der Waals surface area (Å²) >= 11 is 0. The molecule has 0 saturated heterocycles. The lowest BCUT2D eigenvalue weighted by Gasteiger charge is -2.05. The number of nitrogens with one attached hydrogen (secondary N) is 1. The van der Waals surface area contributed by atoms with Crippen LogP contribution >= 0.6 is 0 Å². The Morgan fingerprint density at radius 2 is 2.35 bits per heavy atom. The molecule has 0 aliphatic carbocycles. The first-order chi connectivity index (χ1) is 8.38. The Bertz CT molecular complexity index is 499. The van der Waals surface area contributed by atoms with Gasteiger partial charge in [-0.25, -0.2) is 4.98 Å². The van der Waals surface area contributed by atoms with Gasteiger partial charge in [-0.1, -0.05) is 5.21 Å². The summed E-state index contributed by atoms with van der Waals surface area (Å²) in [5, 5.41) is 19.5. The smallest absolute Gasteiger partial charge is 0.127 e. The minimum Gasteiger partial charge on any atom is -0.370 e. The molecule has 2 heterocycles. The fourth-order valence-electron chi connectivity index (χ4n) is 1.41. The standard InChI is InChI=1S/C11H12N6/c12-9-10-2-4-14-11(8-10)13-3-1-6-17-7-5-15-16-17/h2,4-5,7-8H,1,3,6H2,(H,13,14). The first-order valence-corrected chi connectivity index (χ1v) is 5.32. The average molecular weight is 228 g/mol. The lowest BCUT2D eigenvalue weighted by atomic mass is 10.3. The highest BCUT2D eigenvalue weighted by molar-refractivity contribution is 5.42. The molecule has 0 aliphatic rings. The molecule has 0 fully saturated rings. The van der Waals surface area contributed by atoms with Crippen LogP contribution in [0.2, 0.25) is 0 Å². The number of nitrogens with zero attached hydrogens (tertiary/aromatic N) is 5. The maximum atomic E-state index is 8.73. The number of hydrogen-bond acceptors (Lipinski definition) is 5. The van der Waals surface area contributed by atoms with E-state index in [2.05, 4.69) is 26.7 Å². The normalized spacial score (nSPS) is 9.82. The number of aryl methyl sites for hydroxylation is 1. The molecule has 0 amide bonds. The molecule has 0 bridgehead atoms. The molecular formula is C11H12N6. The highest BCUT2D eigenvalue weighted by atomic mass is 15.4. The van der Waals surface area contributed by atoms with E-state index in [-0.39, 0.29) is 0 Å². The molecule has 6 nitrogen and oxygen atoms in total. The Kier molecular flexibility index (Phi) is 3.65. The molecular weight excluding hydrogens is 216 g/mol. The fraction of sp³-hybridized carbons (Fsp3) is 0.273. The van der Waals surface area contributed by atoms with Crippen molar-refractivity contribution in [3.05, 3.63) is 36.3 Å². The quantitative estimate of drug-likeness (QED) is 0.774. The molecule has 2 aromatic rings. The van der Waals surface area contributed by atoms with Gasteiger partial charge in [0.25, 0.3) is 0 Å². The lowest BCUT2D eigenvalue weighted by molar-refractivity contribution is 0.569. The molecule has 0 radical (unpaired) electrons. The predicted molar refractivity (Wildman–Crippen MR) is 62.1 cm³/mol. The molecule has 86 valence electrons. The van der Waals surface area contributed by atoms with Crippen LogP contribution in [0.4, 0.5) is 5.82 Å². The minimum absolute atomic E-state index is 0.610. The van der Waals surface area contributed by atoms with E-state index in [1.165, 1.54) is 0 Å². The van der Waals surface area contributed by atoms with E-state index in [4.69, 9.17) is 5.26 Å². The summed E-state index contributed by atoms with van der Waals surface area (Å²) in [4.78, 5) is 4.12. The zero-order valence-corrected chi connectivity index (χ0v) is 9.24. The Hall–Kier alpha value is -2.42. The zero-order valence-electron chi connectivity index (χ0n) is 9.24. The summed E-state index contributed by atoms with van der Waals surface area (Å²) < 4.78 is 1.78. The number of rotatable bonds is 5. The van der Waals surface area contributed by atoms with Crippen LogP contribution in [0.3, 0.4) is 0 Å². The van der Waals surface area contributed by atoms with E-state index in [0.29, 0.717) is 5.56 Å². The molecule has 0 spiro atoms. The second-order valence-corrected chi connectivity index (χ2v) is 3.49. The van der Waals surface area contributed by atoms with Gasteiger partial charge in [0.15, 0.2) is 0 Å². The van der Waals surface area contributed by atoms with Gasteiger partial charge in [-0.2, -0.15) is 5.26 Å². The Morgan fingerprint density at radius 3 is 3.12 bits per heavy atom. The number of pyridine rings is 1. The first-order valence-electron chi connectivity index (χ1n) is 5.32. The highest BCUT2D eigenvalue weighted by Gasteiger charge is 1.96. The van der Waals surface area contributed by atoms with Crippen molar-refractivity contribution >= 4 is 5.82 Å². The maximum Gasteiger partial charge on any atom is 0.127 e. The topological polar surface area (TPSA) is 79.4 Å². The van der Waals surface area contributed by atoms with Crippen molar-refractivity contribution < 1.29 is 0 Å². The lowest BCUT2D eigenvalue weighted by Crippen LogP contribution is -2.08. The Balaban J connectivity index is 1.76. The van der Waals surface area contributed by atoms with Crippen LogP contribution in [-0.4, -0.2) is 26.5 Å². The van der Waals surface area contributed by atoms with Gasteiger partial charge in [-0.3, -0.25) is 4.68 Å². The van der Waals surface area contributed by atoms with Crippen molar-refractivity contribution in [1.29, 1.82) is 5.26 Å². The van der Waals surface area contributed by atoms with Crippen LogP contribution in [0, 0.1) is 11.3 Å². The van der Waals surface area contributed by atoms with Crippen molar-refractivity contribution in [3.8, 4) is 6.07 Å². The van der Waals surface area contributed by atoms with Crippen LogP contribution in [0.1, 0.15) is 12.0 Å². The van der Waals surface area contributed by atoms with Gasteiger partial charge < -0.3 is 5.32 Å².